The third kappa shape index (κ3) is 34.3. The van der Waals surface area contributed by atoms with E-state index in [0.717, 1.165) is 205 Å². The molecule has 14 N–H and O–H groups in total. The molecule has 4 aliphatic carbocycles. The SMILES string of the molecule is CC(C)(C)OC(=O)NC1CCCCCCCCCC[C@@H](C(=O)C(N)=O)NC(=O)[C@@H]2C3C(CN2C1=O)C3(C)C.CC(C)(C)OC(=O)NC1CCCCCCCCCC[C@@H](C(O)C#N)NC(=O)[C@@H]2C3C(CN2C1=O)C3(C)C.CC(C)(C)OC(=O)NC1CCCCCCCCCC[C@@H](C(O)C(N)=O)NC(=O)[C@@H]2C3C(CN2C1=O)C3(C)C.CC(C)(C)OC(=O)NC1CCCCCCCCCC[C@@H](C=O)NC(=O)[C@@H]2C3C(CN2C1=O)C3(C)C. The van der Waals surface area contributed by atoms with Crippen molar-refractivity contribution in [1.29, 1.82) is 5.26 Å². The number of aliphatic hydroxyl groups is 2. The van der Waals surface area contributed by atoms with E-state index in [1.807, 2.05) is 6.07 Å². The van der Waals surface area contributed by atoms with Crippen molar-refractivity contribution in [2.75, 3.05) is 26.2 Å². The van der Waals surface area contributed by atoms with Crippen molar-refractivity contribution in [3.8, 4) is 6.07 Å². The predicted molar refractivity (Wildman–Crippen MR) is 557 cm³/mol. The maximum Gasteiger partial charge on any atom is 0.408 e. The van der Waals surface area contributed by atoms with E-state index in [4.69, 9.17) is 30.4 Å². The summed E-state index contributed by atoms with van der Waals surface area (Å²) in [5.74, 6) is -4.62. The van der Waals surface area contributed by atoms with Crippen LogP contribution >= 0.6 is 0 Å². The minimum absolute atomic E-state index is 0.000545. The van der Waals surface area contributed by atoms with Gasteiger partial charge >= 0.3 is 24.4 Å². The number of piperidine rings is 4. The van der Waals surface area contributed by atoms with Crippen LogP contribution in [-0.4, -0.2) is 259 Å². The zero-order valence-corrected chi connectivity index (χ0v) is 92.8. The lowest BCUT2D eigenvalue weighted by Crippen LogP contribution is -2.58. The van der Waals surface area contributed by atoms with E-state index in [2.05, 4.69) is 97.9 Å². The van der Waals surface area contributed by atoms with E-state index in [1.54, 1.807) is 103 Å². The summed E-state index contributed by atoms with van der Waals surface area (Å²) < 4.78 is 21.7. The van der Waals surface area contributed by atoms with E-state index < -0.39 is 155 Å². The van der Waals surface area contributed by atoms with E-state index in [1.165, 1.54) is 0 Å². The molecular weight excluding hydrogens is 1900 g/mol. The van der Waals surface area contributed by atoms with Crippen LogP contribution in [0.1, 0.15) is 395 Å². The lowest BCUT2D eigenvalue weighted by atomic mass is 9.97. The molecule has 14 unspecified atom stereocenters. The summed E-state index contributed by atoms with van der Waals surface area (Å²) >= 11 is 0. The molecule has 0 aromatic carbocycles. The van der Waals surface area contributed by atoms with Gasteiger partial charge in [-0.15, -0.1) is 0 Å². The van der Waals surface area contributed by atoms with Gasteiger partial charge < -0.3 is 108 Å². The third-order valence-corrected chi connectivity index (χ3v) is 33.2. The number of hydrogen-bond acceptors (Lipinski definition) is 23. The molecule has 8 heterocycles. The summed E-state index contributed by atoms with van der Waals surface area (Å²) in [5, 5.41) is 52.7. The summed E-state index contributed by atoms with van der Waals surface area (Å²) in [7, 11) is 0. The molecule has 8 saturated heterocycles. The van der Waals surface area contributed by atoms with Crippen molar-refractivity contribution in [2.24, 2.45) is 80.5 Å². The molecule has 0 radical (unpaired) electrons. The molecule has 12 fully saturated rings. The predicted octanol–water partition coefficient (Wildman–Crippen LogP) is 13.0. The number of ketones is 1. The van der Waals surface area contributed by atoms with Gasteiger partial charge in [-0.25, -0.2) is 19.2 Å². The number of hydrogen-bond donors (Lipinski definition) is 12. The number of nitrogens with zero attached hydrogens (tertiary/aromatic N) is 5. The fraction of sp³-hybridized carbons (Fsp3) is 0.847. The molecule has 14 amide bonds. The normalized spacial score (nSPS) is 31.8. The van der Waals surface area contributed by atoms with Crippen molar-refractivity contribution >= 4 is 95.5 Å². The monoisotopic (exact) mass is 2080 g/mol. The second kappa shape index (κ2) is 53.2. The molecule has 0 aromatic heterocycles. The zero-order chi connectivity index (χ0) is 110. The summed E-state index contributed by atoms with van der Waals surface area (Å²) in [6.45, 7) is 39.8. The molecule has 0 spiro atoms. The Morgan fingerprint density at radius 3 is 0.818 bits per heavy atom. The molecular formula is C111H185N15O22. The number of alkyl carbamates (subject to hydrolysis) is 4. The Morgan fingerprint density at radius 1 is 0.351 bits per heavy atom. The highest BCUT2D eigenvalue weighted by Gasteiger charge is 2.73. The van der Waals surface area contributed by atoms with Crippen LogP contribution in [0.4, 0.5) is 19.2 Å². The quantitative estimate of drug-likeness (QED) is 0.0418. The summed E-state index contributed by atoms with van der Waals surface area (Å²) in [6, 6.07) is -7.16. The van der Waals surface area contributed by atoms with Crippen LogP contribution < -0.4 is 54.0 Å². The molecule has 37 heteroatoms. The van der Waals surface area contributed by atoms with Gasteiger partial charge in [0.05, 0.1) is 30.2 Å². The van der Waals surface area contributed by atoms with Crippen LogP contribution in [-0.2, 0) is 76.5 Å². The number of rotatable bonds is 10. The first kappa shape index (κ1) is 122. The van der Waals surface area contributed by atoms with Crippen molar-refractivity contribution < 1.29 is 106 Å². The third-order valence-electron chi connectivity index (χ3n) is 33.2. The Balaban J connectivity index is 0.000000219. The van der Waals surface area contributed by atoms with Gasteiger partial charge in [0.25, 0.3) is 5.91 Å². The van der Waals surface area contributed by atoms with Gasteiger partial charge in [0.15, 0.2) is 12.2 Å². The maximum absolute atomic E-state index is 13.9. The molecule has 12 rings (SSSR count). The Kier molecular flexibility index (Phi) is 43.9. The number of nitrogens with two attached hydrogens (primary N) is 2. The molecule has 8 aliphatic heterocycles. The van der Waals surface area contributed by atoms with Crippen molar-refractivity contribution in [1.82, 2.24) is 62.1 Å². The van der Waals surface area contributed by atoms with E-state index in [-0.39, 0.29) is 110 Å². The highest BCUT2D eigenvalue weighted by molar-refractivity contribution is 6.38. The molecule has 12 aliphatic rings. The first-order chi connectivity index (χ1) is 69.3. The van der Waals surface area contributed by atoms with Crippen LogP contribution in [0, 0.1) is 80.3 Å². The van der Waals surface area contributed by atoms with Gasteiger partial charge in [0, 0.05) is 26.2 Å². The molecule has 148 heavy (non-hydrogen) atoms. The van der Waals surface area contributed by atoms with Gasteiger partial charge in [-0.2, -0.15) is 5.26 Å². The molecule has 836 valence electrons. The molecule has 37 nitrogen and oxygen atoms in total. The second-order valence-electron chi connectivity index (χ2n) is 50.7. The molecule has 4 saturated carbocycles. The zero-order valence-electron chi connectivity index (χ0n) is 92.8. The van der Waals surface area contributed by atoms with E-state index in [9.17, 15) is 92.2 Å². The average molecular weight is 2080 g/mol. The topological polar surface area (TPSA) is 536 Å². The Bertz CT molecular complexity index is 4600. The number of Topliss-reactive ketones (excluding diaryl/α,β-unsaturated/α-hetero) is 1. The highest BCUT2D eigenvalue weighted by atomic mass is 16.6. The van der Waals surface area contributed by atoms with Gasteiger partial charge in [-0.1, -0.05) is 261 Å². The Hall–Kier alpha value is -9.47. The highest BCUT2D eigenvalue weighted by Crippen LogP contribution is 2.68. The summed E-state index contributed by atoms with van der Waals surface area (Å²) in [5.41, 5.74) is 7.55. The van der Waals surface area contributed by atoms with Crippen LogP contribution in [0.3, 0.4) is 0 Å². The number of carbonyl (C=O) groups is 16. The van der Waals surface area contributed by atoms with Crippen molar-refractivity contribution in [3.05, 3.63) is 0 Å². The average Bonchev–Trinajstić information content (AvgIpc) is 1.54. The first-order valence-corrected chi connectivity index (χ1v) is 56.0. The molecule has 22 atom stereocenters. The fourth-order valence-electron chi connectivity index (χ4n) is 24.5. The number of aliphatic hydroxyl groups excluding tert-OH is 2. The number of nitrogens with one attached hydrogen (secondary N) is 8. The van der Waals surface area contributed by atoms with Crippen molar-refractivity contribution in [2.45, 2.75) is 502 Å². The fourth-order valence-corrected chi connectivity index (χ4v) is 24.5. The summed E-state index contributed by atoms with van der Waals surface area (Å²) in [6.07, 6.45) is 30.5. The summed E-state index contributed by atoms with van der Waals surface area (Å²) in [4.78, 5) is 214. The van der Waals surface area contributed by atoms with Crippen molar-refractivity contribution in [3.63, 3.8) is 0 Å². The lowest BCUT2D eigenvalue weighted by molar-refractivity contribution is -0.143. The number of primary amides is 2. The van der Waals surface area contributed by atoms with Gasteiger partial charge in [0.2, 0.25) is 58.9 Å². The van der Waals surface area contributed by atoms with Crippen LogP contribution in [0.2, 0.25) is 0 Å². The van der Waals surface area contributed by atoms with E-state index >= 15 is 0 Å². The lowest BCUT2D eigenvalue weighted by Gasteiger charge is -2.34. The Labute approximate surface area is 879 Å². The number of ether oxygens (including phenoxy) is 4. The Morgan fingerprint density at radius 2 is 0.574 bits per heavy atom. The van der Waals surface area contributed by atoms with Crippen LogP contribution in [0.25, 0.3) is 0 Å². The minimum atomic E-state index is -1.50. The molecule has 0 aromatic rings. The van der Waals surface area contributed by atoms with Gasteiger partial charge in [-0.05, 0) is 203 Å². The van der Waals surface area contributed by atoms with Gasteiger partial charge in [0.1, 0.15) is 77.0 Å². The second-order valence-corrected chi connectivity index (χ2v) is 50.7. The standard InChI is InChI=1S/C28H48N4O6.C28H46N4O6.C28H46N4O5.C27H45N3O5/c2*1-27(2,3)38-26(37)31-19-15-13-11-9-7-6-8-10-12-14-18(22(33)23(29)34)30-24(35)21-20-17(28(20,4)5)16-32(21)25(19)36;1-27(2,3)37-26(36)31-20-15-13-11-9-7-6-8-10-12-14-19(21(33)16-29)30-24(34)23-22-18(28(22,4)5)17-32(23)25(20)35;1-26(2,3)35-25(34)29-20-15-13-11-9-7-6-8-10-12-14-18(17-31)28-23(32)22-21-19(27(21,4)5)16-30(22)24(20)33/h17-22,33H,6-16H2,1-5H3,(H2,29,34)(H,30,35)(H,31,37);17-21H,6-16H2,1-5H3,(H2,29,34)(H,30,35)(H,31,37);18-23,33H,6-15,17H2,1-5H3,(H,30,34)(H,31,36);17-22H,6-16H2,1-5H3,(H,28,32)(H,29,34)/t17?,18-,19?,20?,21-,22?;17?,18-,19?,20?,21-;18?,19-,20?,21?,22?,23-;18-,19?,20?,21?,22-/m0000/s1. The first-order valence-electron chi connectivity index (χ1n) is 56.0. The number of fused-ring (bicyclic) bond motifs is 12. The number of nitriles is 1. The number of aldehydes is 1. The number of amides is 14. The maximum atomic E-state index is 13.9. The minimum Gasteiger partial charge on any atom is -0.444 e. The van der Waals surface area contributed by atoms with Crippen LogP contribution in [0.5, 0.6) is 0 Å². The van der Waals surface area contributed by atoms with Crippen LogP contribution in [0.15, 0.2) is 0 Å². The van der Waals surface area contributed by atoms with E-state index in [0.29, 0.717) is 84.0 Å². The number of carbonyl (C=O) groups excluding carboxylic acids is 16. The smallest absolute Gasteiger partial charge is 0.408 e. The largest absolute Gasteiger partial charge is 0.444 e. The van der Waals surface area contributed by atoms with Gasteiger partial charge in [-0.3, -0.25) is 52.7 Å². The molecule has 0 bridgehead atoms.